The molecule has 8 nitrogen and oxygen atoms in total. The van der Waals surface area contributed by atoms with Gasteiger partial charge in [0.2, 0.25) is 11.7 Å². The highest BCUT2D eigenvalue weighted by Crippen LogP contribution is 2.34. The Morgan fingerprint density at radius 3 is 2.28 bits per heavy atom. The van der Waals surface area contributed by atoms with Gasteiger partial charge in [-0.15, -0.1) is 0 Å². The van der Waals surface area contributed by atoms with E-state index in [1.54, 1.807) is 6.07 Å². The maximum Gasteiger partial charge on any atom is 0.290 e. The van der Waals surface area contributed by atoms with Crippen molar-refractivity contribution in [3.05, 3.63) is 24.2 Å². The van der Waals surface area contributed by atoms with E-state index < -0.39 is 29.2 Å². The first kappa shape index (κ1) is 22.6. The molecule has 0 aromatic carbocycles. The number of ketones is 1. The molecule has 1 heterocycles. The smallest absolute Gasteiger partial charge is 0.290 e. The molecule has 3 aliphatic carbocycles. The number of rotatable bonds is 9. The van der Waals surface area contributed by atoms with Gasteiger partial charge in [-0.3, -0.25) is 19.2 Å². The Morgan fingerprint density at radius 2 is 1.72 bits per heavy atom. The van der Waals surface area contributed by atoms with Crippen molar-refractivity contribution in [1.82, 2.24) is 16.0 Å². The Bertz CT molecular complexity index is 834. The van der Waals surface area contributed by atoms with Gasteiger partial charge >= 0.3 is 0 Å². The minimum atomic E-state index is -1.15. The van der Waals surface area contributed by atoms with Gasteiger partial charge in [-0.1, -0.05) is 38.5 Å². The van der Waals surface area contributed by atoms with E-state index in [1.165, 1.54) is 25.4 Å². The second kappa shape index (κ2) is 9.88. The lowest BCUT2D eigenvalue weighted by molar-refractivity contribution is -0.146. The summed E-state index contributed by atoms with van der Waals surface area (Å²) in [6.45, 7) is 0. The summed E-state index contributed by atoms with van der Waals surface area (Å²) in [6.07, 6.45) is 13.4. The van der Waals surface area contributed by atoms with Crippen LogP contribution in [0.4, 0.5) is 0 Å². The van der Waals surface area contributed by atoms with E-state index in [9.17, 15) is 19.2 Å². The predicted molar refractivity (Wildman–Crippen MR) is 117 cm³/mol. The molecule has 174 valence electrons. The number of Topliss-reactive ketones (excluding diaryl/α,β-unsaturated/α-hetero) is 1. The van der Waals surface area contributed by atoms with Crippen molar-refractivity contribution in [3.8, 4) is 0 Å². The van der Waals surface area contributed by atoms with Crippen molar-refractivity contribution in [1.29, 1.82) is 0 Å². The van der Waals surface area contributed by atoms with E-state index in [-0.39, 0.29) is 11.9 Å². The van der Waals surface area contributed by atoms with Gasteiger partial charge in [0.25, 0.3) is 11.8 Å². The largest absolute Gasteiger partial charge is 0.472 e. The summed E-state index contributed by atoms with van der Waals surface area (Å²) in [5, 5.41) is 8.45. The number of carbonyl (C=O) groups excluding carboxylic acids is 4. The first-order chi connectivity index (χ1) is 15.5. The van der Waals surface area contributed by atoms with Crippen LogP contribution < -0.4 is 16.0 Å². The molecule has 0 unspecified atom stereocenters. The fourth-order valence-electron chi connectivity index (χ4n) is 4.76. The van der Waals surface area contributed by atoms with Gasteiger partial charge in [-0.25, -0.2) is 0 Å². The van der Waals surface area contributed by atoms with Crippen LogP contribution in [0.3, 0.4) is 0 Å². The molecule has 1 aromatic heterocycles. The lowest BCUT2D eigenvalue weighted by Crippen LogP contribution is -2.65. The van der Waals surface area contributed by atoms with E-state index in [0.717, 1.165) is 44.9 Å². The van der Waals surface area contributed by atoms with Crippen LogP contribution in [0.15, 0.2) is 23.0 Å². The molecule has 0 saturated heterocycles. The van der Waals surface area contributed by atoms with Crippen molar-refractivity contribution in [3.63, 3.8) is 0 Å². The molecule has 3 amide bonds. The van der Waals surface area contributed by atoms with E-state index in [0.29, 0.717) is 30.7 Å². The maximum absolute atomic E-state index is 13.3. The Morgan fingerprint density at radius 1 is 1.00 bits per heavy atom. The van der Waals surface area contributed by atoms with Crippen LogP contribution in [0.2, 0.25) is 0 Å². The average Bonchev–Trinajstić information content (AvgIpc) is 3.46. The van der Waals surface area contributed by atoms with Gasteiger partial charge < -0.3 is 20.4 Å². The van der Waals surface area contributed by atoms with Crippen LogP contribution in [-0.2, 0) is 14.4 Å². The minimum absolute atomic E-state index is 0.0801. The fourth-order valence-corrected chi connectivity index (χ4v) is 4.76. The first-order valence-corrected chi connectivity index (χ1v) is 12.0. The normalized spacial score (nSPS) is 21.5. The molecule has 0 spiro atoms. The zero-order valence-corrected chi connectivity index (χ0v) is 18.5. The molecule has 3 saturated carbocycles. The summed E-state index contributed by atoms with van der Waals surface area (Å²) in [5.41, 5.74) is -0.806. The number of amides is 3. The molecule has 1 aromatic rings. The molecule has 0 aliphatic heterocycles. The standard InChI is InChI=1S/C24H33N3O5/c28-20(23(31)25-18-8-9-18)24(11-5-12-24)27-22(30)19(14-16-6-3-1-2-4-7-16)26-21(29)17-10-13-32-15-17/h10,13,15-16,18-19H,1-9,11-12,14H2,(H,25,31)(H,26,29)(H,27,30)/t19-/m0/s1. The molecule has 3 N–H and O–H groups in total. The van der Waals surface area contributed by atoms with Crippen LogP contribution >= 0.6 is 0 Å². The molecule has 3 fully saturated rings. The highest BCUT2D eigenvalue weighted by atomic mass is 16.3. The summed E-state index contributed by atoms with van der Waals surface area (Å²) in [4.78, 5) is 51.3. The molecular weight excluding hydrogens is 410 g/mol. The molecule has 4 rings (SSSR count). The van der Waals surface area contributed by atoms with Crippen molar-refractivity contribution >= 4 is 23.5 Å². The lowest BCUT2D eigenvalue weighted by Gasteiger charge is -2.41. The number of hydrogen-bond acceptors (Lipinski definition) is 5. The van der Waals surface area contributed by atoms with Crippen molar-refractivity contribution in [2.24, 2.45) is 5.92 Å². The van der Waals surface area contributed by atoms with Crippen molar-refractivity contribution in [2.45, 2.75) is 94.7 Å². The Balaban J connectivity index is 1.45. The van der Waals surface area contributed by atoms with Crippen LogP contribution in [0.25, 0.3) is 0 Å². The fraction of sp³-hybridized carbons (Fsp3) is 0.667. The van der Waals surface area contributed by atoms with Crippen LogP contribution in [-0.4, -0.2) is 41.1 Å². The van der Waals surface area contributed by atoms with Gasteiger partial charge in [-0.2, -0.15) is 0 Å². The van der Waals surface area contributed by atoms with Gasteiger partial charge in [-0.05, 0) is 50.5 Å². The van der Waals surface area contributed by atoms with Crippen LogP contribution in [0.1, 0.15) is 87.4 Å². The third-order valence-electron chi connectivity index (χ3n) is 7.07. The van der Waals surface area contributed by atoms with Crippen molar-refractivity contribution < 1.29 is 23.6 Å². The summed E-state index contributed by atoms with van der Waals surface area (Å²) in [6, 6.07) is 0.864. The quantitative estimate of drug-likeness (QED) is 0.401. The van der Waals surface area contributed by atoms with E-state index in [4.69, 9.17) is 4.42 Å². The Hall–Kier alpha value is -2.64. The number of carbonyl (C=O) groups is 4. The second-order valence-electron chi connectivity index (χ2n) is 9.63. The number of hydrogen-bond donors (Lipinski definition) is 3. The topological polar surface area (TPSA) is 118 Å². The van der Waals surface area contributed by atoms with E-state index in [2.05, 4.69) is 16.0 Å². The maximum atomic E-state index is 13.3. The Kier molecular flexibility index (Phi) is 6.96. The monoisotopic (exact) mass is 443 g/mol. The van der Waals surface area contributed by atoms with Crippen molar-refractivity contribution in [2.75, 3.05) is 0 Å². The summed E-state index contributed by atoms with van der Waals surface area (Å²) in [7, 11) is 0. The first-order valence-electron chi connectivity index (χ1n) is 12.0. The molecule has 0 radical (unpaired) electrons. The van der Waals surface area contributed by atoms with Gasteiger partial charge in [0, 0.05) is 6.04 Å². The third kappa shape index (κ3) is 5.40. The van der Waals surface area contributed by atoms with Gasteiger partial charge in [0.05, 0.1) is 11.8 Å². The zero-order chi connectivity index (χ0) is 22.6. The SMILES string of the molecule is O=C(NC1CC1)C(=O)C1(NC(=O)[C@H](CC2CCCCCC2)NC(=O)c2ccoc2)CCC1. The molecular formula is C24H33N3O5. The van der Waals surface area contributed by atoms with Gasteiger partial charge in [0.15, 0.2) is 0 Å². The van der Waals surface area contributed by atoms with E-state index >= 15 is 0 Å². The molecule has 1 atom stereocenters. The van der Waals surface area contributed by atoms with E-state index in [1.807, 2.05) is 0 Å². The molecule has 0 bridgehead atoms. The zero-order valence-electron chi connectivity index (χ0n) is 18.5. The highest BCUT2D eigenvalue weighted by molar-refractivity contribution is 6.40. The summed E-state index contributed by atoms with van der Waals surface area (Å²) < 4.78 is 5.00. The van der Waals surface area contributed by atoms with Crippen LogP contribution in [0.5, 0.6) is 0 Å². The molecule has 8 heteroatoms. The number of furan rings is 1. The highest BCUT2D eigenvalue weighted by Gasteiger charge is 2.49. The predicted octanol–water partition coefficient (Wildman–Crippen LogP) is 2.63. The van der Waals surface area contributed by atoms with Gasteiger partial charge in [0.1, 0.15) is 17.8 Å². The molecule has 3 aliphatic rings. The average molecular weight is 444 g/mol. The Labute approximate surface area is 188 Å². The molecule has 32 heavy (non-hydrogen) atoms. The lowest BCUT2D eigenvalue weighted by atomic mass is 9.73. The number of nitrogens with one attached hydrogen (secondary N) is 3. The minimum Gasteiger partial charge on any atom is -0.472 e. The third-order valence-corrected chi connectivity index (χ3v) is 7.07. The summed E-state index contributed by atoms with van der Waals surface area (Å²) in [5.74, 6) is -1.62. The van der Waals surface area contributed by atoms with Crippen LogP contribution in [0, 0.1) is 5.92 Å². The summed E-state index contributed by atoms with van der Waals surface area (Å²) >= 11 is 0. The second-order valence-corrected chi connectivity index (χ2v) is 9.63.